The van der Waals surface area contributed by atoms with Gasteiger partial charge in [-0.25, -0.2) is 14.6 Å². The summed E-state index contributed by atoms with van der Waals surface area (Å²) in [6, 6.07) is 5.20. The van der Waals surface area contributed by atoms with Gasteiger partial charge in [0.2, 0.25) is 0 Å². The van der Waals surface area contributed by atoms with Crippen LogP contribution < -0.4 is 10.2 Å². The SMILES string of the molecule is COC(=O)[C@H](CCc1nc2cc(N(CCCl)CCCl)ccc2n1C)NC(=O)OC(C)(C)C. The van der Waals surface area contributed by atoms with Crippen molar-refractivity contribution in [1.29, 1.82) is 0 Å². The lowest BCUT2D eigenvalue weighted by Crippen LogP contribution is -2.44. The number of anilines is 1. The van der Waals surface area contributed by atoms with Crippen molar-refractivity contribution < 1.29 is 19.1 Å². The number of benzene rings is 1. The molecule has 1 aromatic heterocycles. The van der Waals surface area contributed by atoms with Crippen molar-refractivity contribution >= 4 is 52.0 Å². The van der Waals surface area contributed by atoms with Gasteiger partial charge < -0.3 is 24.3 Å². The lowest BCUT2D eigenvalue weighted by atomic mass is 10.1. The van der Waals surface area contributed by atoms with Crippen molar-refractivity contribution in [3.8, 4) is 0 Å². The lowest BCUT2D eigenvalue weighted by Gasteiger charge is -2.22. The first-order chi connectivity index (χ1) is 15.1. The van der Waals surface area contributed by atoms with E-state index in [1.165, 1.54) is 7.11 Å². The molecule has 2 aromatic rings. The zero-order chi connectivity index (χ0) is 23.9. The van der Waals surface area contributed by atoms with Crippen LogP contribution in [0.25, 0.3) is 11.0 Å². The smallest absolute Gasteiger partial charge is 0.408 e. The Kier molecular flexibility index (Phi) is 9.46. The van der Waals surface area contributed by atoms with E-state index in [1.54, 1.807) is 20.8 Å². The number of halogens is 2. The zero-order valence-electron chi connectivity index (χ0n) is 19.3. The molecule has 1 heterocycles. The molecular formula is C22H32Cl2N4O4. The van der Waals surface area contributed by atoms with Crippen molar-refractivity contribution in [2.24, 2.45) is 7.05 Å². The van der Waals surface area contributed by atoms with Gasteiger partial charge in [-0.1, -0.05) is 0 Å². The van der Waals surface area contributed by atoms with Gasteiger partial charge in [-0.15, -0.1) is 23.2 Å². The molecule has 0 aliphatic carbocycles. The van der Waals surface area contributed by atoms with Gasteiger partial charge in [0.1, 0.15) is 17.5 Å². The molecule has 1 N–H and O–H groups in total. The Hall–Kier alpha value is -2.19. The van der Waals surface area contributed by atoms with Crippen molar-refractivity contribution in [2.75, 3.05) is 36.9 Å². The Morgan fingerprint density at radius 1 is 1.22 bits per heavy atom. The summed E-state index contributed by atoms with van der Waals surface area (Å²) in [7, 11) is 3.21. The number of aryl methyl sites for hydroxylation is 2. The summed E-state index contributed by atoms with van der Waals surface area (Å²) in [5.41, 5.74) is 2.14. The monoisotopic (exact) mass is 486 g/mol. The maximum atomic E-state index is 12.2. The van der Waals surface area contributed by atoms with Crippen LogP contribution in [0.1, 0.15) is 33.0 Å². The normalized spacial score (nSPS) is 12.5. The molecule has 0 aliphatic rings. The van der Waals surface area contributed by atoms with Gasteiger partial charge in [0.25, 0.3) is 0 Å². The zero-order valence-corrected chi connectivity index (χ0v) is 20.8. The Bertz CT molecular complexity index is 921. The third kappa shape index (κ3) is 7.17. The average Bonchev–Trinajstić information content (AvgIpc) is 3.04. The molecule has 0 bridgehead atoms. The number of alkyl halides is 2. The standard InChI is InChI=1S/C22H32Cl2N4O4/c1-22(2,3)32-21(30)26-16(20(29)31-5)7-9-19-25-17-14-15(6-8-18(17)27(19)4)28(12-10-23)13-11-24/h6,8,14,16H,7,9-13H2,1-5H3,(H,26,30)/t16-/m0/s1. The lowest BCUT2D eigenvalue weighted by molar-refractivity contribution is -0.143. The van der Waals surface area contributed by atoms with Crippen molar-refractivity contribution in [3.05, 3.63) is 24.0 Å². The fourth-order valence-corrected chi connectivity index (χ4v) is 3.75. The van der Waals surface area contributed by atoms with Crippen LogP contribution in [-0.2, 0) is 27.7 Å². The number of carbonyl (C=O) groups is 2. The number of alkyl carbamates (subject to hydrolysis) is 1. The van der Waals surface area contributed by atoms with E-state index in [0.717, 1.165) is 22.5 Å². The van der Waals surface area contributed by atoms with Gasteiger partial charge in [-0.05, 0) is 45.4 Å². The van der Waals surface area contributed by atoms with Crippen LogP contribution >= 0.6 is 23.2 Å². The maximum Gasteiger partial charge on any atom is 0.408 e. The quantitative estimate of drug-likeness (QED) is 0.405. The number of carbonyl (C=O) groups excluding carboxylic acids is 2. The first kappa shape index (κ1) is 26.1. The van der Waals surface area contributed by atoms with Crippen LogP contribution in [-0.4, -0.2) is 65.2 Å². The Labute approximate surface area is 199 Å². The molecule has 8 nitrogen and oxygen atoms in total. The van der Waals surface area contributed by atoms with Gasteiger partial charge in [-0.2, -0.15) is 0 Å². The minimum atomic E-state index is -0.840. The third-order valence-electron chi connectivity index (χ3n) is 4.86. The predicted octanol–water partition coefficient (Wildman–Crippen LogP) is 3.86. The van der Waals surface area contributed by atoms with E-state index in [9.17, 15) is 9.59 Å². The van der Waals surface area contributed by atoms with E-state index in [0.29, 0.717) is 37.7 Å². The second-order valence-corrected chi connectivity index (χ2v) is 9.14. The number of nitrogens with zero attached hydrogens (tertiary/aromatic N) is 3. The average molecular weight is 487 g/mol. The molecule has 1 atom stereocenters. The van der Waals surface area contributed by atoms with Crippen LogP contribution in [0.4, 0.5) is 10.5 Å². The number of methoxy groups -OCH3 is 1. The number of hydrogen-bond donors (Lipinski definition) is 1. The molecule has 0 saturated heterocycles. The molecule has 2 rings (SSSR count). The second kappa shape index (κ2) is 11.6. The van der Waals surface area contributed by atoms with Crippen molar-refractivity contribution in [3.63, 3.8) is 0 Å². The number of hydrogen-bond acceptors (Lipinski definition) is 6. The number of rotatable bonds is 10. The summed E-state index contributed by atoms with van der Waals surface area (Å²) in [6.45, 7) is 6.66. The molecule has 0 fully saturated rings. The number of esters is 1. The van der Waals surface area contributed by atoms with E-state index < -0.39 is 23.7 Å². The summed E-state index contributed by atoms with van der Waals surface area (Å²) < 4.78 is 12.1. The van der Waals surface area contributed by atoms with Crippen LogP contribution in [0.3, 0.4) is 0 Å². The topological polar surface area (TPSA) is 85.7 Å². The van der Waals surface area contributed by atoms with Crippen LogP contribution in [0.15, 0.2) is 18.2 Å². The maximum absolute atomic E-state index is 12.2. The van der Waals surface area contributed by atoms with E-state index >= 15 is 0 Å². The Morgan fingerprint density at radius 3 is 2.44 bits per heavy atom. The first-order valence-electron chi connectivity index (χ1n) is 10.5. The molecule has 0 aliphatic heterocycles. The minimum absolute atomic E-state index is 0.320. The third-order valence-corrected chi connectivity index (χ3v) is 5.20. The molecule has 0 spiro atoms. The van der Waals surface area contributed by atoms with Gasteiger partial charge in [0.05, 0.1) is 18.1 Å². The summed E-state index contributed by atoms with van der Waals surface area (Å²) in [4.78, 5) is 31.2. The predicted molar refractivity (Wildman–Crippen MR) is 128 cm³/mol. The molecule has 1 amide bonds. The highest BCUT2D eigenvalue weighted by Crippen LogP contribution is 2.23. The number of amides is 1. The Morgan fingerprint density at radius 2 is 1.88 bits per heavy atom. The van der Waals surface area contributed by atoms with Gasteiger partial charge >= 0.3 is 12.1 Å². The molecule has 0 unspecified atom stereocenters. The fraction of sp³-hybridized carbons (Fsp3) is 0.591. The number of nitrogens with one attached hydrogen (secondary N) is 1. The van der Waals surface area contributed by atoms with E-state index in [-0.39, 0.29) is 0 Å². The highest BCUT2D eigenvalue weighted by atomic mass is 35.5. The molecule has 0 saturated carbocycles. The molecule has 32 heavy (non-hydrogen) atoms. The summed E-state index contributed by atoms with van der Waals surface area (Å²) in [5.74, 6) is 1.26. The summed E-state index contributed by atoms with van der Waals surface area (Å²) in [5, 5.41) is 2.60. The van der Waals surface area contributed by atoms with E-state index in [2.05, 4.69) is 10.2 Å². The van der Waals surface area contributed by atoms with E-state index in [4.69, 9.17) is 37.7 Å². The van der Waals surface area contributed by atoms with Gasteiger partial charge in [0, 0.05) is 44.0 Å². The number of ether oxygens (including phenoxy) is 2. The van der Waals surface area contributed by atoms with Crippen molar-refractivity contribution in [1.82, 2.24) is 14.9 Å². The van der Waals surface area contributed by atoms with Crippen molar-refractivity contribution in [2.45, 2.75) is 45.3 Å². The fourth-order valence-electron chi connectivity index (χ4n) is 3.35. The minimum Gasteiger partial charge on any atom is -0.467 e. The highest BCUT2D eigenvalue weighted by Gasteiger charge is 2.25. The van der Waals surface area contributed by atoms with Gasteiger partial charge in [0.15, 0.2) is 0 Å². The first-order valence-corrected chi connectivity index (χ1v) is 11.6. The summed E-state index contributed by atoms with van der Waals surface area (Å²) >= 11 is 11.9. The highest BCUT2D eigenvalue weighted by molar-refractivity contribution is 6.18. The van der Waals surface area contributed by atoms with Crippen LogP contribution in [0.2, 0.25) is 0 Å². The molecule has 178 valence electrons. The largest absolute Gasteiger partial charge is 0.467 e. The van der Waals surface area contributed by atoms with Gasteiger partial charge in [-0.3, -0.25) is 0 Å². The van der Waals surface area contributed by atoms with Crippen LogP contribution in [0, 0.1) is 0 Å². The molecule has 1 aromatic carbocycles. The summed E-state index contributed by atoms with van der Waals surface area (Å²) in [6.07, 6.45) is 0.116. The second-order valence-electron chi connectivity index (χ2n) is 8.39. The molecular weight excluding hydrogens is 455 g/mol. The number of aromatic nitrogens is 2. The van der Waals surface area contributed by atoms with E-state index in [1.807, 2.05) is 29.8 Å². The number of imidazole rings is 1. The Balaban J connectivity index is 2.18. The van der Waals surface area contributed by atoms with Crippen LogP contribution in [0.5, 0.6) is 0 Å². The number of fused-ring (bicyclic) bond motifs is 1. The molecule has 0 radical (unpaired) electrons. The molecule has 10 heteroatoms.